The lowest BCUT2D eigenvalue weighted by molar-refractivity contribution is 0.0763. The molecule has 0 amide bonds. The Hall–Kier alpha value is -0.930. The normalized spacial score (nSPS) is 19.7. The Morgan fingerprint density at radius 2 is 1.76 bits per heavy atom. The lowest BCUT2D eigenvalue weighted by Gasteiger charge is -2.38. The maximum Gasteiger partial charge on any atom is 0.123 e. The van der Waals surface area contributed by atoms with Gasteiger partial charge in [0.15, 0.2) is 0 Å². The molecule has 0 aromatic heterocycles. The standard InChI is InChI=1S/C18H28FNO/c1-14(2)17(15-6-8-16(19)9-7-15)20-12-18(13-21)10-4-3-5-11-18/h6-9,14,17,20-21H,3-5,10-13H2,1-2H3. The van der Waals surface area contributed by atoms with E-state index < -0.39 is 0 Å². The average molecular weight is 293 g/mol. The SMILES string of the molecule is CC(C)C(NCC1(CO)CCCCC1)c1ccc(F)cc1. The molecule has 1 aromatic carbocycles. The maximum atomic E-state index is 13.1. The van der Waals surface area contributed by atoms with E-state index in [4.69, 9.17) is 0 Å². The number of hydrogen-bond donors (Lipinski definition) is 2. The van der Waals surface area contributed by atoms with Gasteiger partial charge in [0.2, 0.25) is 0 Å². The number of benzene rings is 1. The fraction of sp³-hybridized carbons (Fsp3) is 0.667. The van der Waals surface area contributed by atoms with Crippen LogP contribution in [-0.2, 0) is 0 Å². The van der Waals surface area contributed by atoms with Gasteiger partial charge in [-0.25, -0.2) is 4.39 Å². The predicted molar refractivity (Wildman–Crippen MR) is 84.6 cm³/mol. The average Bonchev–Trinajstić information content (AvgIpc) is 2.50. The lowest BCUT2D eigenvalue weighted by atomic mass is 9.74. The monoisotopic (exact) mass is 293 g/mol. The number of aliphatic hydroxyl groups is 1. The minimum absolute atomic E-state index is 0.0332. The molecule has 2 N–H and O–H groups in total. The van der Waals surface area contributed by atoms with Crippen LogP contribution in [0.15, 0.2) is 24.3 Å². The second kappa shape index (κ2) is 7.37. The molecule has 1 unspecified atom stereocenters. The van der Waals surface area contributed by atoms with Crippen molar-refractivity contribution in [3.8, 4) is 0 Å². The first-order valence-corrected chi connectivity index (χ1v) is 8.16. The Labute approximate surface area is 127 Å². The Kier molecular flexibility index (Phi) is 5.77. The van der Waals surface area contributed by atoms with Crippen molar-refractivity contribution in [1.82, 2.24) is 5.32 Å². The van der Waals surface area contributed by atoms with Crippen LogP contribution in [0.25, 0.3) is 0 Å². The van der Waals surface area contributed by atoms with Crippen LogP contribution in [0.3, 0.4) is 0 Å². The highest BCUT2D eigenvalue weighted by Gasteiger charge is 2.32. The molecule has 1 aliphatic rings. The molecule has 1 fully saturated rings. The molecule has 0 bridgehead atoms. The molecule has 1 aromatic rings. The summed E-state index contributed by atoms with van der Waals surface area (Å²) in [5.74, 6) is 0.232. The van der Waals surface area contributed by atoms with Gasteiger partial charge in [0.05, 0.1) is 0 Å². The Bertz CT molecular complexity index is 423. The third-order valence-corrected chi connectivity index (χ3v) is 4.84. The Balaban J connectivity index is 2.04. The van der Waals surface area contributed by atoms with Crippen molar-refractivity contribution in [3.05, 3.63) is 35.6 Å². The zero-order valence-corrected chi connectivity index (χ0v) is 13.2. The first-order valence-electron chi connectivity index (χ1n) is 8.16. The van der Waals surface area contributed by atoms with Crippen LogP contribution in [0.2, 0.25) is 0 Å². The Morgan fingerprint density at radius 1 is 1.14 bits per heavy atom. The summed E-state index contributed by atoms with van der Waals surface area (Å²) in [4.78, 5) is 0. The van der Waals surface area contributed by atoms with E-state index >= 15 is 0 Å². The minimum atomic E-state index is -0.194. The zero-order chi connectivity index (χ0) is 15.3. The molecular weight excluding hydrogens is 265 g/mol. The van der Waals surface area contributed by atoms with E-state index in [0.29, 0.717) is 5.92 Å². The third-order valence-electron chi connectivity index (χ3n) is 4.84. The van der Waals surface area contributed by atoms with Crippen LogP contribution in [0.4, 0.5) is 4.39 Å². The number of aliphatic hydroxyl groups excluding tert-OH is 1. The molecule has 2 rings (SSSR count). The summed E-state index contributed by atoms with van der Waals surface area (Å²) in [7, 11) is 0. The molecule has 1 aliphatic carbocycles. The minimum Gasteiger partial charge on any atom is -0.396 e. The smallest absolute Gasteiger partial charge is 0.123 e. The van der Waals surface area contributed by atoms with Gasteiger partial charge in [-0.2, -0.15) is 0 Å². The molecule has 0 spiro atoms. The quantitative estimate of drug-likeness (QED) is 0.829. The highest BCUT2D eigenvalue weighted by Crippen LogP contribution is 2.36. The second-order valence-electron chi connectivity index (χ2n) is 6.87. The maximum absolute atomic E-state index is 13.1. The largest absolute Gasteiger partial charge is 0.396 e. The molecular formula is C18H28FNO. The molecule has 3 heteroatoms. The van der Waals surface area contributed by atoms with Crippen LogP contribution in [0, 0.1) is 17.2 Å². The lowest BCUT2D eigenvalue weighted by Crippen LogP contribution is -2.41. The van der Waals surface area contributed by atoms with Crippen molar-refractivity contribution < 1.29 is 9.50 Å². The molecule has 118 valence electrons. The predicted octanol–water partition coefficient (Wildman–Crippen LogP) is 4.06. The van der Waals surface area contributed by atoms with Crippen LogP contribution in [-0.4, -0.2) is 18.3 Å². The van der Waals surface area contributed by atoms with Crippen LogP contribution in [0.5, 0.6) is 0 Å². The molecule has 1 saturated carbocycles. The molecule has 1 atom stereocenters. The topological polar surface area (TPSA) is 32.3 Å². The number of halogens is 1. The summed E-state index contributed by atoms with van der Waals surface area (Å²) in [5, 5.41) is 13.4. The molecule has 0 saturated heterocycles. The molecule has 0 heterocycles. The van der Waals surface area contributed by atoms with Crippen LogP contribution < -0.4 is 5.32 Å². The van der Waals surface area contributed by atoms with E-state index in [1.807, 2.05) is 12.1 Å². The van der Waals surface area contributed by atoms with Crippen molar-refractivity contribution in [1.29, 1.82) is 0 Å². The van der Waals surface area contributed by atoms with E-state index in [9.17, 15) is 9.50 Å². The van der Waals surface area contributed by atoms with Crippen molar-refractivity contribution in [3.63, 3.8) is 0 Å². The number of hydrogen-bond acceptors (Lipinski definition) is 2. The van der Waals surface area contributed by atoms with Gasteiger partial charge in [0, 0.05) is 24.6 Å². The van der Waals surface area contributed by atoms with Gasteiger partial charge in [-0.3, -0.25) is 0 Å². The third kappa shape index (κ3) is 4.27. The highest BCUT2D eigenvalue weighted by atomic mass is 19.1. The van der Waals surface area contributed by atoms with Crippen LogP contribution >= 0.6 is 0 Å². The molecule has 21 heavy (non-hydrogen) atoms. The molecule has 2 nitrogen and oxygen atoms in total. The van der Waals surface area contributed by atoms with E-state index in [1.165, 1.54) is 31.4 Å². The van der Waals surface area contributed by atoms with Crippen LogP contribution in [0.1, 0.15) is 57.6 Å². The van der Waals surface area contributed by atoms with Gasteiger partial charge in [-0.15, -0.1) is 0 Å². The fourth-order valence-corrected chi connectivity index (χ4v) is 3.43. The van der Waals surface area contributed by atoms with Crippen molar-refractivity contribution in [2.75, 3.05) is 13.2 Å². The van der Waals surface area contributed by atoms with E-state index in [1.54, 1.807) is 0 Å². The summed E-state index contributed by atoms with van der Waals surface area (Å²) in [6, 6.07) is 6.97. The van der Waals surface area contributed by atoms with E-state index in [-0.39, 0.29) is 23.9 Å². The summed E-state index contributed by atoms with van der Waals surface area (Å²) < 4.78 is 13.1. The van der Waals surface area contributed by atoms with Crippen molar-refractivity contribution >= 4 is 0 Å². The highest BCUT2D eigenvalue weighted by molar-refractivity contribution is 5.20. The summed E-state index contributed by atoms with van der Waals surface area (Å²) in [5.41, 5.74) is 1.15. The summed E-state index contributed by atoms with van der Waals surface area (Å²) >= 11 is 0. The fourth-order valence-electron chi connectivity index (χ4n) is 3.43. The van der Waals surface area contributed by atoms with Gasteiger partial charge in [-0.1, -0.05) is 45.2 Å². The summed E-state index contributed by atoms with van der Waals surface area (Å²) in [6.45, 7) is 5.44. The second-order valence-corrected chi connectivity index (χ2v) is 6.87. The zero-order valence-electron chi connectivity index (χ0n) is 13.2. The first kappa shape index (κ1) is 16.4. The molecule has 0 aliphatic heterocycles. The van der Waals surface area contributed by atoms with Gasteiger partial charge in [0.1, 0.15) is 5.82 Å². The van der Waals surface area contributed by atoms with Gasteiger partial charge < -0.3 is 10.4 Å². The first-order chi connectivity index (χ1) is 10.1. The summed E-state index contributed by atoms with van der Waals surface area (Å²) in [6.07, 6.45) is 5.92. The Morgan fingerprint density at radius 3 is 2.29 bits per heavy atom. The number of nitrogens with one attached hydrogen (secondary N) is 1. The number of rotatable bonds is 6. The van der Waals surface area contributed by atoms with E-state index in [2.05, 4.69) is 19.2 Å². The van der Waals surface area contributed by atoms with Gasteiger partial charge in [-0.05, 0) is 36.5 Å². The van der Waals surface area contributed by atoms with Crippen molar-refractivity contribution in [2.24, 2.45) is 11.3 Å². The molecule has 0 radical (unpaired) electrons. The van der Waals surface area contributed by atoms with Gasteiger partial charge in [0.25, 0.3) is 0 Å². The van der Waals surface area contributed by atoms with Crippen molar-refractivity contribution in [2.45, 2.75) is 52.0 Å². The van der Waals surface area contributed by atoms with Gasteiger partial charge >= 0.3 is 0 Å². The van der Waals surface area contributed by atoms with E-state index in [0.717, 1.165) is 24.9 Å².